The first-order chi connectivity index (χ1) is 8.09. The Morgan fingerprint density at radius 2 is 2.06 bits per heavy atom. The molecular formula is C12H10BrNO2S. The van der Waals surface area contributed by atoms with E-state index in [-0.39, 0.29) is 10.5 Å². The molecule has 1 heterocycles. The molecule has 0 amide bonds. The highest BCUT2D eigenvalue weighted by Crippen LogP contribution is 2.35. The molecule has 1 aromatic heterocycles. The van der Waals surface area contributed by atoms with Gasteiger partial charge >= 0.3 is 5.97 Å². The summed E-state index contributed by atoms with van der Waals surface area (Å²) in [5, 5.41) is 9.93. The topological polar surface area (TPSA) is 50.2 Å². The zero-order valence-corrected chi connectivity index (χ0v) is 11.5. The maximum atomic E-state index is 11.2. The van der Waals surface area contributed by atoms with Gasteiger partial charge in [0.05, 0.1) is 9.70 Å². The first-order valence-corrected chi connectivity index (χ1v) is 6.76. The summed E-state index contributed by atoms with van der Waals surface area (Å²) in [6.45, 7) is 1.93. The summed E-state index contributed by atoms with van der Waals surface area (Å²) in [4.78, 5) is 16.1. The summed E-state index contributed by atoms with van der Waals surface area (Å²) in [6, 6.07) is 9.46. The lowest BCUT2D eigenvalue weighted by molar-refractivity contribution is 0.0692. The van der Waals surface area contributed by atoms with Gasteiger partial charge in [0.15, 0.2) is 5.69 Å². The average Bonchev–Trinajstić information content (AvgIpc) is 2.75. The Labute approximate surface area is 111 Å². The number of benzene rings is 1. The highest BCUT2D eigenvalue weighted by molar-refractivity contribution is 9.09. The van der Waals surface area contributed by atoms with Gasteiger partial charge in [0.1, 0.15) is 5.01 Å². The van der Waals surface area contributed by atoms with Crippen LogP contribution in [0.25, 0.3) is 10.4 Å². The summed E-state index contributed by atoms with van der Waals surface area (Å²) >= 11 is 4.82. The predicted molar refractivity (Wildman–Crippen MR) is 71.9 cm³/mol. The first kappa shape index (κ1) is 12.3. The molecule has 5 heteroatoms. The third kappa shape index (κ3) is 2.56. The highest BCUT2D eigenvalue weighted by atomic mass is 79.9. The van der Waals surface area contributed by atoms with Gasteiger partial charge in [-0.15, -0.1) is 11.3 Å². The van der Waals surface area contributed by atoms with Crippen LogP contribution in [0.1, 0.15) is 27.2 Å². The number of rotatable bonds is 3. The van der Waals surface area contributed by atoms with Crippen molar-refractivity contribution in [3.63, 3.8) is 0 Å². The van der Waals surface area contributed by atoms with Crippen LogP contribution in [0.3, 0.4) is 0 Å². The maximum absolute atomic E-state index is 11.2. The highest BCUT2D eigenvalue weighted by Gasteiger charge is 2.20. The summed E-state index contributed by atoms with van der Waals surface area (Å²) < 4.78 is 0. The summed E-state index contributed by atoms with van der Waals surface area (Å²) in [5.74, 6) is -0.987. The van der Waals surface area contributed by atoms with Crippen molar-refractivity contribution in [3.8, 4) is 10.4 Å². The molecule has 0 saturated carbocycles. The van der Waals surface area contributed by atoms with Crippen molar-refractivity contribution in [1.29, 1.82) is 0 Å². The second-order valence-corrected chi connectivity index (χ2v) is 5.92. The van der Waals surface area contributed by atoms with E-state index in [9.17, 15) is 4.79 Å². The lowest BCUT2D eigenvalue weighted by Crippen LogP contribution is -1.99. The van der Waals surface area contributed by atoms with E-state index in [4.69, 9.17) is 5.11 Å². The molecule has 1 aromatic carbocycles. The average molecular weight is 312 g/mol. The van der Waals surface area contributed by atoms with Crippen LogP contribution in [0.2, 0.25) is 0 Å². The molecule has 0 saturated heterocycles. The van der Waals surface area contributed by atoms with Crippen LogP contribution >= 0.6 is 27.3 Å². The Hall–Kier alpha value is -1.20. The lowest BCUT2D eigenvalue weighted by Gasteiger charge is -1.97. The Morgan fingerprint density at radius 1 is 1.41 bits per heavy atom. The van der Waals surface area contributed by atoms with Crippen molar-refractivity contribution in [2.75, 3.05) is 0 Å². The van der Waals surface area contributed by atoms with E-state index in [2.05, 4.69) is 20.9 Å². The fraction of sp³-hybridized carbons (Fsp3) is 0.167. The second kappa shape index (κ2) is 4.98. The Morgan fingerprint density at radius 3 is 2.59 bits per heavy atom. The number of thiazole rings is 1. The van der Waals surface area contributed by atoms with Crippen LogP contribution < -0.4 is 0 Å². The molecule has 0 radical (unpaired) electrons. The number of nitrogens with zero attached hydrogens (tertiary/aromatic N) is 1. The zero-order valence-electron chi connectivity index (χ0n) is 9.05. The molecule has 1 unspecified atom stereocenters. The van der Waals surface area contributed by atoms with Gasteiger partial charge in [-0.05, 0) is 12.5 Å². The molecule has 0 fully saturated rings. The van der Waals surface area contributed by atoms with Crippen molar-refractivity contribution in [2.45, 2.75) is 11.8 Å². The minimum atomic E-state index is -0.987. The van der Waals surface area contributed by atoms with Gasteiger partial charge in [0.25, 0.3) is 0 Å². The van der Waals surface area contributed by atoms with Crippen molar-refractivity contribution in [1.82, 2.24) is 4.98 Å². The molecule has 0 aliphatic carbocycles. The molecule has 1 N–H and O–H groups in total. The molecule has 88 valence electrons. The third-order valence-electron chi connectivity index (χ3n) is 2.22. The quantitative estimate of drug-likeness (QED) is 0.873. The molecule has 17 heavy (non-hydrogen) atoms. The number of carboxylic acid groups (broad SMARTS) is 1. The molecular weight excluding hydrogens is 302 g/mol. The fourth-order valence-corrected chi connectivity index (χ4v) is 2.81. The Bertz CT molecular complexity index is 537. The number of carboxylic acids is 1. The predicted octanol–water partition coefficient (Wildman–Crippen LogP) is 3.96. The van der Waals surface area contributed by atoms with Gasteiger partial charge in [0.2, 0.25) is 0 Å². The van der Waals surface area contributed by atoms with Crippen molar-refractivity contribution in [3.05, 3.63) is 41.0 Å². The van der Waals surface area contributed by atoms with Crippen LogP contribution in [0, 0.1) is 0 Å². The largest absolute Gasteiger partial charge is 0.476 e. The molecule has 1 atom stereocenters. The molecule has 0 spiro atoms. The van der Waals surface area contributed by atoms with E-state index in [1.807, 2.05) is 37.3 Å². The molecule has 0 bridgehead atoms. The minimum Gasteiger partial charge on any atom is -0.476 e. The second-order valence-electron chi connectivity index (χ2n) is 3.52. The van der Waals surface area contributed by atoms with E-state index in [0.717, 1.165) is 10.6 Å². The van der Waals surface area contributed by atoms with Crippen molar-refractivity contribution < 1.29 is 9.90 Å². The number of hydrogen-bond donors (Lipinski definition) is 1. The fourth-order valence-electron chi connectivity index (χ4n) is 1.44. The zero-order chi connectivity index (χ0) is 12.4. The number of halogens is 1. The lowest BCUT2D eigenvalue weighted by atomic mass is 10.1. The van der Waals surface area contributed by atoms with E-state index in [1.165, 1.54) is 11.3 Å². The normalized spacial score (nSPS) is 12.4. The van der Waals surface area contributed by atoms with Crippen LogP contribution in [-0.2, 0) is 0 Å². The minimum absolute atomic E-state index is 0.0584. The van der Waals surface area contributed by atoms with Gasteiger partial charge < -0.3 is 5.11 Å². The van der Waals surface area contributed by atoms with E-state index in [0.29, 0.717) is 4.88 Å². The monoisotopic (exact) mass is 311 g/mol. The number of carbonyl (C=O) groups is 1. The first-order valence-electron chi connectivity index (χ1n) is 5.03. The van der Waals surface area contributed by atoms with E-state index >= 15 is 0 Å². The molecule has 2 rings (SSSR count). The molecule has 0 aliphatic rings. The van der Waals surface area contributed by atoms with Crippen LogP contribution in [0.5, 0.6) is 0 Å². The van der Waals surface area contributed by atoms with Crippen LogP contribution in [-0.4, -0.2) is 16.1 Å². The number of alkyl halides is 1. The molecule has 2 aromatic rings. The number of aromatic carboxylic acids is 1. The summed E-state index contributed by atoms with van der Waals surface area (Å²) in [7, 11) is 0. The molecule has 0 aliphatic heterocycles. The van der Waals surface area contributed by atoms with Crippen LogP contribution in [0.4, 0.5) is 0 Å². The Balaban J connectivity index is 2.56. The van der Waals surface area contributed by atoms with Gasteiger partial charge in [-0.3, -0.25) is 0 Å². The SMILES string of the molecule is CC(Br)c1nc(C(=O)O)c(-c2ccccc2)s1. The van der Waals surface area contributed by atoms with Gasteiger partial charge in [0, 0.05) is 0 Å². The van der Waals surface area contributed by atoms with Gasteiger partial charge in [-0.2, -0.15) is 0 Å². The standard InChI is InChI=1S/C12H10BrNO2S/c1-7(13)11-14-9(12(15)16)10(17-11)8-5-3-2-4-6-8/h2-7H,1H3,(H,15,16). The van der Waals surface area contributed by atoms with Gasteiger partial charge in [-0.25, -0.2) is 9.78 Å². The maximum Gasteiger partial charge on any atom is 0.356 e. The Kier molecular flexibility index (Phi) is 3.59. The molecule has 3 nitrogen and oxygen atoms in total. The van der Waals surface area contributed by atoms with Crippen molar-refractivity contribution in [2.24, 2.45) is 0 Å². The van der Waals surface area contributed by atoms with E-state index in [1.54, 1.807) is 0 Å². The number of aromatic nitrogens is 1. The third-order valence-corrected chi connectivity index (χ3v) is 4.25. The summed E-state index contributed by atoms with van der Waals surface area (Å²) in [6.07, 6.45) is 0. The summed E-state index contributed by atoms with van der Waals surface area (Å²) in [5.41, 5.74) is 1.02. The smallest absolute Gasteiger partial charge is 0.356 e. The van der Waals surface area contributed by atoms with E-state index < -0.39 is 5.97 Å². The van der Waals surface area contributed by atoms with Crippen LogP contribution in [0.15, 0.2) is 30.3 Å². The number of hydrogen-bond acceptors (Lipinski definition) is 3. The van der Waals surface area contributed by atoms with Gasteiger partial charge in [-0.1, -0.05) is 46.3 Å². The van der Waals surface area contributed by atoms with Crippen molar-refractivity contribution >= 4 is 33.2 Å².